The van der Waals surface area contributed by atoms with Gasteiger partial charge in [-0.15, -0.1) is 0 Å². The van der Waals surface area contributed by atoms with Crippen LogP contribution in [0.5, 0.6) is 0 Å². The molecule has 0 radical (unpaired) electrons. The number of nitrogens with zero attached hydrogens (tertiary/aromatic N) is 2. The number of rotatable bonds is 9. The molecule has 1 heterocycles. The molecule has 0 saturated carbocycles. The Bertz CT molecular complexity index is 756. The van der Waals surface area contributed by atoms with E-state index >= 15 is 0 Å². The molecule has 27 heavy (non-hydrogen) atoms. The van der Waals surface area contributed by atoms with Gasteiger partial charge in [-0.2, -0.15) is 0 Å². The van der Waals surface area contributed by atoms with Gasteiger partial charge in [-0.3, -0.25) is 14.6 Å². The van der Waals surface area contributed by atoms with E-state index in [4.69, 9.17) is 0 Å². The van der Waals surface area contributed by atoms with E-state index in [2.05, 4.69) is 10.3 Å². The van der Waals surface area contributed by atoms with Crippen molar-refractivity contribution in [3.05, 3.63) is 65.2 Å². The Morgan fingerprint density at radius 2 is 1.74 bits per heavy atom. The Labute approximate surface area is 159 Å². The van der Waals surface area contributed by atoms with E-state index in [-0.39, 0.29) is 23.3 Å². The van der Waals surface area contributed by atoms with Crippen molar-refractivity contribution in [2.45, 2.75) is 33.1 Å². The van der Waals surface area contributed by atoms with E-state index in [1.54, 1.807) is 23.1 Å². The lowest BCUT2D eigenvalue weighted by Crippen LogP contribution is -2.33. The molecule has 2 rings (SSSR count). The maximum Gasteiger partial charge on any atom is 0.269 e. The normalized spacial score (nSPS) is 10.5. The van der Waals surface area contributed by atoms with Crippen molar-refractivity contribution in [2.24, 2.45) is 0 Å². The summed E-state index contributed by atoms with van der Waals surface area (Å²) in [5.74, 6) is -0.695. The quantitative estimate of drug-likeness (QED) is 0.734. The molecule has 0 bridgehead atoms. The van der Waals surface area contributed by atoms with Gasteiger partial charge in [0.25, 0.3) is 11.8 Å². The average molecular weight is 371 g/mol. The number of aromatic nitrogens is 1. The lowest BCUT2D eigenvalue weighted by atomic mass is 10.1. The molecule has 0 aliphatic heterocycles. The van der Waals surface area contributed by atoms with Crippen LogP contribution in [0.15, 0.2) is 42.6 Å². The van der Waals surface area contributed by atoms with Crippen LogP contribution < -0.4 is 5.32 Å². The van der Waals surface area contributed by atoms with Gasteiger partial charge in [0.05, 0.1) is 0 Å². The second kappa shape index (κ2) is 10.4. The molecule has 0 atom stereocenters. The van der Waals surface area contributed by atoms with Crippen molar-refractivity contribution in [1.82, 2.24) is 15.2 Å². The predicted molar refractivity (Wildman–Crippen MR) is 103 cm³/mol. The zero-order chi connectivity index (χ0) is 19.6. The number of carbonyl (C=O) groups excluding carboxylic acids is 2. The van der Waals surface area contributed by atoms with Crippen LogP contribution in [-0.2, 0) is 6.42 Å². The summed E-state index contributed by atoms with van der Waals surface area (Å²) < 4.78 is 12.9. The lowest BCUT2D eigenvalue weighted by molar-refractivity contribution is 0.0755. The Kier molecular flexibility index (Phi) is 7.92. The van der Waals surface area contributed by atoms with E-state index in [9.17, 15) is 14.0 Å². The summed E-state index contributed by atoms with van der Waals surface area (Å²) in [4.78, 5) is 30.9. The molecular weight excluding hydrogens is 345 g/mol. The minimum atomic E-state index is -0.329. The Balaban J connectivity index is 1.97. The largest absolute Gasteiger partial charge is 0.350 e. The van der Waals surface area contributed by atoms with Gasteiger partial charge in [0.15, 0.2) is 0 Å². The third kappa shape index (κ3) is 6.16. The second-order valence-electron chi connectivity index (χ2n) is 6.35. The second-order valence-corrected chi connectivity index (χ2v) is 6.35. The average Bonchev–Trinajstić information content (AvgIpc) is 2.69. The minimum absolute atomic E-state index is 0.0820. The van der Waals surface area contributed by atoms with Gasteiger partial charge in [-0.25, -0.2) is 4.39 Å². The fourth-order valence-corrected chi connectivity index (χ4v) is 2.79. The van der Waals surface area contributed by atoms with Crippen molar-refractivity contribution >= 4 is 11.8 Å². The summed E-state index contributed by atoms with van der Waals surface area (Å²) in [5, 5.41) is 2.79. The Hall–Kier alpha value is -2.76. The highest BCUT2D eigenvalue weighted by molar-refractivity contribution is 5.98. The predicted octanol–water partition coefficient (Wildman–Crippen LogP) is 3.46. The van der Waals surface area contributed by atoms with Crippen LogP contribution in [0, 0.1) is 5.82 Å². The molecule has 0 aliphatic rings. The van der Waals surface area contributed by atoms with Gasteiger partial charge < -0.3 is 10.2 Å². The van der Waals surface area contributed by atoms with Gasteiger partial charge in [-0.1, -0.05) is 26.0 Å². The molecule has 1 N–H and O–H groups in total. The number of hydrogen-bond acceptors (Lipinski definition) is 3. The summed E-state index contributed by atoms with van der Waals surface area (Å²) >= 11 is 0. The van der Waals surface area contributed by atoms with Crippen LogP contribution >= 0.6 is 0 Å². The molecule has 1 aromatic carbocycles. The highest BCUT2D eigenvalue weighted by Crippen LogP contribution is 2.08. The van der Waals surface area contributed by atoms with Crippen LogP contribution in [0.2, 0.25) is 0 Å². The fourth-order valence-electron chi connectivity index (χ4n) is 2.79. The van der Waals surface area contributed by atoms with Gasteiger partial charge >= 0.3 is 0 Å². The first-order valence-corrected chi connectivity index (χ1v) is 9.33. The molecule has 5 nitrogen and oxygen atoms in total. The number of halogens is 1. The molecule has 0 unspecified atom stereocenters. The molecule has 0 aliphatic carbocycles. The van der Waals surface area contributed by atoms with E-state index in [0.717, 1.165) is 18.4 Å². The topological polar surface area (TPSA) is 62.3 Å². The monoisotopic (exact) mass is 371 g/mol. The number of nitrogens with one attached hydrogen (secondary N) is 1. The van der Waals surface area contributed by atoms with Gasteiger partial charge in [0, 0.05) is 31.4 Å². The molecule has 144 valence electrons. The molecule has 0 saturated heterocycles. The maximum atomic E-state index is 12.9. The maximum absolute atomic E-state index is 12.9. The van der Waals surface area contributed by atoms with Crippen molar-refractivity contribution < 1.29 is 14.0 Å². The standard InChI is InChI=1S/C21H26FN3O2/c1-3-13-25(14-4-2)21(27)17-10-12-23-19(15-17)20(26)24-11-9-16-5-7-18(22)8-6-16/h5-8,10,12,15H,3-4,9,11,13-14H2,1-2H3,(H,24,26). The first-order chi connectivity index (χ1) is 13.0. The van der Waals surface area contributed by atoms with Gasteiger partial charge in [-0.05, 0) is 49.1 Å². The van der Waals surface area contributed by atoms with E-state index in [1.807, 2.05) is 13.8 Å². The molecular formula is C21H26FN3O2. The van der Waals surface area contributed by atoms with Crippen molar-refractivity contribution in [2.75, 3.05) is 19.6 Å². The van der Waals surface area contributed by atoms with Crippen LogP contribution in [0.1, 0.15) is 53.1 Å². The smallest absolute Gasteiger partial charge is 0.269 e. The number of amides is 2. The molecule has 2 aromatic rings. The van der Waals surface area contributed by atoms with Crippen LogP contribution in [0.4, 0.5) is 4.39 Å². The zero-order valence-electron chi connectivity index (χ0n) is 15.9. The molecule has 0 fully saturated rings. The summed E-state index contributed by atoms with van der Waals surface area (Å²) in [7, 11) is 0. The van der Waals surface area contributed by atoms with E-state index in [0.29, 0.717) is 31.6 Å². The van der Waals surface area contributed by atoms with Gasteiger partial charge in [0.2, 0.25) is 0 Å². The SMILES string of the molecule is CCCN(CCC)C(=O)c1ccnc(C(=O)NCCc2ccc(F)cc2)c1. The summed E-state index contributed by atoms with van der Waals surface area (Å²) in [6, 6.07) is 9.34. The van der Waals surface area contributed by atoms with E-state index < -0.39 is 0 Å². The highest BCUT2D eigenvalue weighted by Gasteiger charge is 2.16. The fraction of sp³-hybridized carbons (Fsp3) is 0.381. The van der Waals surface area contributed by atoms with Crippen molar-refractivity contribution in [3.63, 3.8) is 0 Å². The number of hydrogen-bond donors (Lipinski definition) is 1. The number of carbonyl (C=O) groups is 2. The summed E-state index contributed by atoms with van der Waals surface area (Å²) in [6.07, 6.45) is 3.84. The van der Waals surface area contributed by atoms with Gasteiger partial charge in [0.1, 0.15) is 11.5 Å². The first kappa shape index (κ1) is 20.6. The third-order valence-corrected chi connectivity index (χ3v) is 4.13. The minimum Gasteiger partial charge on any atom is -0.350 e. The molecule has 2 amide bonds. The number of pyridine rings is 1. The highest BCUT2D eigenvalue weighted by atomic mass is 19.1. The van der Waals surface area contributed by atoms with Crippen molar-refractivity contribution in [3.8, 4) is 0 Å². The molecule has 6 heteroatoms. The Morgan fingerprint density at radius 3 is 2.37 bits per heavy atom. The molecule has 0 spiro atoms. The third-order valence-electron chi connectivity index (χ3n) is 4.13. The Morgan fingerprint density at radius 1 is 1.07 bits per heavy atom. The summed E-state index contributed by atoms with van der Waals surface area (Å²) in [5.41, 5.74) is 1.62. The molecule has 1 aromatic heterocycles. The van der Waals surface area contributed by atoms with E-state index in [1.165, 1.54) is 24.4 Å². The van der Waals surface area contributed by atoms with Crippen LogP contribution in [0.3, 0.4) is 0 Å². The first-order valence-electron chi connectivity index (χ1n) is 9.33. The van der Waals surface area contributed by atoms with Crippen LogP contribution in [-0.4, -0.2) is 41.3 Å². The zero-order valence-corrected chi connectivity index (χ0v) is 15.9. The summed E-state index contributed by atoms with van der Waals surface area (Å²) in [6.45, 7) is 5.84. The lowest BCUT2D eigenvalue weighted by Gasteiger charge is -2.21. The van der Waals surface area contributed by atoms with Crippen molar-refractivity contribution in [1.29, 1.82) is 0 Å². The number of benzene rings is 1. The van der Waals surface area contributed by atoms with Crippen LogP contribution in [0.25, 0.3) is 0 Å².